The summed E-state index contributed by atoms with van der Waals surface area (Å²) >= 11 is 0. The standard InChI is InChI=1S/C26H31N3O3/c1-26(2)14-22-19-11-10-17(30)12-16(19)13-20(27)25(32)29(22)23(26)24(31)28-21-9-5-7-15-6-3-4-8-18(15)21/h3-4,6,8,10-12,20-23,30H,5,7,9,13-14,27H2,1-2H3,(H,28,31)/t20-,21+,22+,23?/m0/s1. The number of phenolic OH excluding ortho intramolecular Hbond substituents is 1. The quantitative estimate of drug-likeness (QED) is 0.678. The number of hydrogen-bond acceptors (Lipinski definition) is 4. The van der Waals surface area contributed by atoms with Crippen molar-refractivity contribution in [1.29, 1.82) is 0 Å². The Balaban J connectivity index is 1.50. The highest BCUT2D eigenvalue weighted by atomic mass is 16.3. The lowest BCUT2D eigenvalue weighted by atomic mass is 9.81. The van der Waals surface area contributed by atoms with Gasteiger partial charge in [-0.3, -0.25) is 9.59 Å². The molecule has 1 fully saturated rings. The van der Waals surface area contributed by atoms with Gasteiger partial charge >= 0.3 is 0 Å². The minimum absolute atomic E-state index is 0.0395. The summed E-state index contributed by atoms with van der Waals surface area (Å²) in [6.07, 6.45) is 3.99. The molecule has 2 aromatic carbocycles. The van der Waals surface area contributed by atoms with Crippen molar-refractivity contribution in [2.45, 2.75) is 70.1 Å². The van der Waals surface area contributed by atoms with Gasteiger partial charge in [-0.25, -0.2) is 0 Å². The minimum atomic E-state index is -0.736. The lowest BCUT2D eigenvalue weighted by molar-refractivity contribution is -0.143. The molecule has 0 bridgehead atoms. The van der Waals surface area contributed by atoms with Crippen LogP contribution >= 0.6 is 0 Å². The average Bonchev–Trinajstić information content (AvgIpc) is 2.99. The van der Waals surface area contributed by atoms with Crippen LogP contribution < -0.4 is 11.1 Å². The van der Waals surface area contributed by atoms with Gasteiger partial charge in [0.05, 0.1) is 18.1 Å². The van der Waals surface area contributed by atoms with E-state index in [2.05, 4.69) is 31.3 Å². The number of hydrogen-bond donors (Lipinski definition) is 3. The van der Waals surface area contributed by atoms with Crippen LogP contribution in [0.4, 0.5) is 0 Å². The Kier molecular flexibility index (Phi) is 5.01. The molecule has 0 aromatic heterocycles. The normalized spacial score (nSPS) is 28.3. The molecule has 5 rings (SSSR count). The summed E-state index contributed by atoms with van der Waals surface area (Å²) in [6, 6.07) is 11.9. The van der Waals surface area contributed by atoms with Gasteiger partial charge in [0.25, 0.3) is 0 Å². The molecular formula is C26H31N3O3. The number of fused-ring (bicyclic) bond motifs is 4. The summed E-state index contributed by atoms with van der Waals surface area (Å²) in [5.74, 6) is -0.137. The lowest BCUT2D eigenvalue weighted by Crippen LogP contribution is -2.55. The summed E-state index contributed by atoms with van der Waals surface area (Å²) in [5.41, 5.74) is 10.2. The van der Waals surface area contributed by atoms with Crippen molar-refractivity contribution in [2.24, 2.45) is 11.1 Å². The number of nitrogens with one attached hydrogen (secondary N) is 1. The fourth-order valence-electron chi connectivity index (χ4n) is 6.05. The Hall–Kier alpha value is -2.86. The molecule has 2 heterocycles. The Morgan fingerprint density at radius 1 is 1.16 bits per heavy atom. The molecule has 4 atom stereocenters. The van der Waals surface area contributed by atoms with Crippen molar-refractivity contribution in [3.05, 3.63) is 64.7 Å². The van der Waals surface area contributed by atoms with E-state index in [1.807, 2.05) is 18.2 Å². The van der Waals surface area contributed by atoms with Crippen molar-refractivity contribution >= 4 is 11.8 Å². The summed E-state index contributed by atoms with van der Waals surface area (Å²) in [5, 5.41) is 13.3. The maximum Gasteiger partial charge on any atom is 0.243 e. The Bertz CT molecular complexity index is 1080. The molecule has 3 aliphatic rings. The first-order chi connectivity index (χ1) is 15.3. The van der Waals surface area contributed by atoms with Gasteiger partial charge in [0.2, 0.25) is 11.8 Å². The molecule has 0 spiro atoms. The van der Waals surface area contributed by atoms with E-state index < -0.39 is 17.5 Å². The summed E-state index contributed by atoms with van der Waals surface area (Å²) in [7, 11) is 0. The lowest BCUT2D eigenvalue weighted by Gasteiger charge is -2.35. The zero-order valence-electron chi connectivity index (χ0n) is 18.7. The number of nitrogens with two attached hydrogens (primary N) is 1. The van der Waals surface area contributed by atoms with E-state index in [1.54, 1.807) is 17.0 Å². The van der Waals surface area contributed by atoms with E-state index >= 15 is 0 Å². The second-order valence-corrected chi connectivity index (χ2v) is 10.2. The van der Waals surface area contributed by atoms with Crippen LogP contribution in [0.25, 0.3) is 0 Å². The summed E-state index contributed by atoms with van der Waals surface area (Å²) in [4.78, 5) is 28.9. The van der Waals surface area contributed by atoms with Gasteiger partial charge in [-0.2, -0.15) is 0 Å². The molecule has 2 aromatic rings. The van der Waals surface area contributed by atoms with Crippen LogP contribution in [0, 0.1) is 5.41 Å². The second-order valence-electron chi connectivity index (χ2n) is 10.2. The van der Waals surface area contributed by atoms with Crippen molar-refractivity contribution in [3.8, 4) is 5.75 Å². The van der Waals surface area contributed by atoms with Crippen LogP contribution in [-0.2, 0) is 22.4 Å². The number of phenols is 1. The van der Waals surface area contributed by atoms with Crippen LogP contribution in [0.1, 0.15) is 67.4 Å². The number of aromatic hydroxyl groups is 1. The van der Waals surface area contributed by atoms with Gasteiger partial charge < -0.3 is 21.1 Å². The fraction of sp³-hybridized carbons (Fsp3) is 0.462. The van der Waals surface area contributed by atoms with Crippen LogP contribution in [0.5, 0.6) is 5.75 Å². The first-order valence-electron chi connectivity index (χ1n) is 11.5. The summed E-state index contributed by atoms with van der Waals surface area (Å²) in [6.45, 7) is 4.11. The van der Waals surface area contributed by atoms with E-state index in [-0.39, 0.29) is 29.6 Å². The smallest absolute Gasteiger partial charge is 0.243 e. The number of aryl methyl sites for hydroxylation is 1. The molecule has 6 heteroatoms. The van der Waals surface area contributed by atoms with Gasteiger partial charge in [-0.05, 0) is 71.9 Å². The first-order valence-corrected chi connectivity index (χ1v) is 11.5. The number of rotatable bonds is 2. The maximum atomic E-state index is 13.7. The molecule has 2 aliphatic heterocycles. The zero-order chi connectivity index (χ0) is 22.6. The Morgan fingerprint density at radius 3 is 2.75 bits per heavy atom. The predicted molar refractivity (Wildman–Crippen MR) is 122 cm³/mol. The average molecular weight is 434 g/mol. The molecule has 168 valence electrons. The third-order valence-corrected chi connectivity index (χ3v) is 7.50. The van der Waals surface area contributed by atoms with E-state index in [1.165, 1.54) is 11.1 Å². The predicted octanol–water partition coefficient (Wildman–Crippen LogP) is 3.14. The molecule has 32 heavy (non-hydrogen) atoms. The molecule has 1 unspecified atom stereocenters. The Morgan fingerprint density at radius 2 is 1.94 bits per heavy atom. The molecule has 2 amide bonds. The molecule has 1 saturated heterocycles. The molecule has 4 N–H and O–H groups in total. The summed E-state index contributed by atoms with van der Waals surface area (Å²) < 4.78 is 0. The monoisotopic (exact) mass is 433 g/mol. The number of carbonyl (C=O) groups is 2. The van der Waals surface area contributed by atoms with E-state index in [9.17, 15) is 14.7 Å². The van der Waals surface area contributed by atoms with Crippen molar-refractivity contribution in [2.75, 3.05) is 0 Å². The molecule has 6 nitrogen and oxygen atoms in total. The fourth-order valence-corrected chi connectivity index (χ4v) is 6.05. The molecule has 0 radical (unpaired) electrons. The van der Waals surface area contributed by atoms with E-state index in [0.29, 0.717) is 12.8 Å². The highest BCUT2D eigenvalue weighted by Gasteiger charge is 2.54. The van der Waals surface area contributed by atoms with Crippen molar-refractivity contribution in [1.82, 2.24) is 10.2 Å². The van der Waals surface area contributed by atoms with Crippen molar-refractivity contribution < 1.29 is 14.7 Å². The van der Waals surface area contributed by atoms with Crippen LogP contribution in [0.15, 0.2) is 42.5 Å². The molecular weight excluding hydrogens is 402 g/mol. The van der Waals surface area contributed by atoms with Gasteiger partial charge in [0.15, 0.2) is 0 Å². The van der Waals surface area contributed by atoms with E-state index in [4.69, 9.17) is 5.73 Å². The SMILES string of the molecule is CC1(C)C[C@@H]2c3ccc(O)cc3C[C@H](N)C(=O)N2C1C(=O)N[C@@H]1CCCc2ccccc21. The van der Waals surface area contributed by atoms with Gasteiger partial charge in [0, 0.05) is 0 Å². The number of benzene rings is 2. The maximum absolute atomic E-state index is 13.7. The molecule has 1 aliphatic carbocycles. The van der Waals surface area contributed by atoms with Gasteiger partial charge in [0.1, 0.15) is 11.8 Å². The Labute approximate surface area is 188 Å². The number of carbonyl (C=O) groups excluding carboxylic acids is 2. The molecule has 0 saturated carbocycles. The highest BCUT2D eigenvalue weighted by Crippen LogP contribution is 2.50. The second kappa shape index (κ2) is 7.62. The largest absolute Gasteiger partial charge is 0.508 e. The van der Waals surface area contributed by atoms with Gasteiger partial charge in [-0.1, -0.05) is 44.2 Å². The first kappa shape index (κ1) is 21.0. The highest BCUT2D eigenvalue weighted by molar-refractivity contribution is 5.92. The van der Waals surface area contributed by atoms with E-state index in [0.717, 1.165) is 30.4 Å². The topological polar surface area (TPSA) is 95.7 Å². The van der Waals surface area contributed by atoms with Crippen LogP contribution in [0.3, 0.4) is 0 Å². The van der Waals surface area contributed by atoms with Crippen molar-refractivity contribution in [3.63, 3.8) is 0 Å². The number of amides is 2. The van der Waals surface area contributed by atoms with Gasteiger partial charge in [-0.15, -0.1) is 0 Å². The minimum Gasteiger partial charge on any atom is -0.508 e. The van der Waals surface area contributed by atoms with Crippen LogP contribution in [0.2, 0.25) is 0 Å². The third-order valence-electron chi connectivity index (χ3n) is 7.50. The van der Waals surface area contributed by atoms with Crippen LogP contribution in [-0.4, -0.2) is 33.9 Å². The number of nitrogens with zero attached hydrogens (tertiary/aromatic N) is 1. The zero-order valence-corrected chi connectivity index (χ0v) is 18.7. The third kappa shape index (κ3) is 3.37.